The molecule has 101 heavy (non-hydrogen) atoms. The van der Waals surface area contributed by atoms with E-state index in [0.29, 0.717) is 25.7 Å². The number of carbonyl (C=O) groups is 4. The van der Waals surface area contributed by atoms with Gasteiger partial charge in [-0.15, -0.1) is 0 Å². The molecule has 19 heteroatoms. The van der Waals surface area contributed by atoms with E-state index in [-0.39, 0.29) is 25.7 Å². The summed E-state index contributed by atoms with van der Waals surface area (Å²) in [6, 6.07) is 0. The molecule has 3 N–H and O–H groups in total. The van der Waals surface area contributed by atoms with E-state index >= 15 is 0 Å². The van der Waals surface area contributed by atoms with Gasteiger partial charge in [0.25, 0.3) is 0 Å². The quantitative estimate of drug-likeness (QED) is 0.0222. The monoisotopic (exact) mass is 1480 g/mol. The number of esters is 4. The van der Waals surface area contributed by atoms with E-state index in [9.17, 15) is 43.2 Å². The lowest BCUT2D eigenvalue weighted by molar-refractivity contribution is -0.161. The van der Waals surface area contributed by atoms with Gasteiger partial charge in [0.1, 0.15) is 19.3 Å². The lowest BCUT2D eigenvalue weighted by Crippen LogP contribution is -2.30. The fraction of sp³-hybridized carbons (Fsp3) is 0.951. The zero-order valence-corrected chi connectivity index (χ0v) is 67.8. The summed E-state index contributed by atoms with van der Waals surface area (Å²) in [5.74, 6) is -1.30. The molecule has 0 aromatic rings. The molecule has 0 aliphatic heterocycles. The third kappa shape index (κ3) is 74.7. The smallest absolute Gasteiger partial charge is 0.462 e. The Balaban J connectivity index is 5.23. The average molecular weight is 1480 g/mol. The van der Waals surface area contributed by atoms with Gasteiger partial charge in [0.2, 0.25) is 0 Å². The van der Waals surface area contributed by atoms with Gasteiger partial charge in [-0.1, -0.05) is 388 Å². The van der Waals surface area contributed by atoms with Crippen LogP contribution >= 0.6 is 15.6 Å². The Hall–Kier alpha value is -1.94. The van der Waals surface area contributed by atoms with Crippen molar-refractivity contribution in [3.05, 3.63) is 0 Å². The van der Waals surface area contributed by atoms with Gasteiger partial charge in [0, 0.05) is 25.7 Å². The first kappa shape index (κ1) is 99.1. The minimum atomic E-state index is -4.96. The Labute approximate surface area is 619 Å². The SMILES string of the molecule is CCCCCCCCCCCCCCCCCCCCCC(=O)O[C@H](COC(=O)CCCCCCCCCCCCCCCCCCCC)COP(=O)(O)OC[C@@H](O)COP(=O)(O)OC[C@@H](COC(=O)CCCCCCCCCCCC)OC(=O)CCCCCCCCCCCCC(C)CC. The molecule has 6 atom stereocenters. The summed E-state index contributed by atoms with van der Waals surface area (Å²) in [7, 11) is -9.92. The van der Waals surface area contributed by atoms with Gasteiger partial charge < -0.3 is 33.8 Å². The predicted octanol–water partition coefficient (Wildman–Crippen LogP) is 24.8. The van der Waals surface area contributed by atoms with Gasteiger partial charge in [-0.3, -0.25) is 37.3 Å². The molecule has 0 heterocycles. The van der Waals surface area contributed by atoms with Crippen LogP contribution in [0.4, 0.5) is 0 Å². The van der Waals surface area contributed by atoms with Gasteiger partial charge in [-0.2, -0.15) is 0 Å². The minimum absolute atomic E-state index is 0.107. The fourth-order valence-electron chi connectivity index (χ4n) is 12.7. The minimum Gasteiger partial charge on any atom is -0.462 e. The molecule has 0 saturated heterocycles. The summed E-state index contributed by atoms with van der Waals surface area (Å²) >= 11 is 0. The van der Waals surface area contributed by atoms with E-state index in [0.717, 1.165) is 95.8 Å². The fourth-order valence-corrected chi connectivity index (χ4v) is 14.3. The largest absolute Gasteiger partial charge is 0.472 e. The van der Waals surface area contributed by atoms with Crippen LogP contribution < -0.4 is 0 Å². The standard InChI is InChI=1S/C82H160O17P2/c1-6-10-13-16-19-22-25-27-29-31-33-35-37-39-41-47-52-57-62-67-81(86)98-78(72-93-80(85)66-61-56-51-46-40-38-36-34-32-30-28-26-23-20-17-14-11-7-2)74-97-101(90,91)95-70-76(83)69-94-100(88,89)96-73-77(71-92-79(84)65-60-55-50-45-24-21-18-15-12-8-3)99-82(87)68-63-58-53-48-43-42-44-49-54-59-64-75(5)9-4/h75-78,83H,6-74H2,1-5H3,(H,88,89)(H,90,91)/t75?,76-,77+,78+/m0/s1. The van der Waals surface area contributed by atoms with E-state index in [2.05, 4.69) is 34.6 Å². The molecular weight excluding hydrogens is 1320 g/mol. The summed E-state index contributed by atoms with van der Waals surface area (Å²) in [6.07, 6.45) is 66.5. The number of hydrogen-bond acceptors (Lipinski definition) is 15. The van der Waals surface area contributed by atoms with Crippen molar-refractivity contribution < 1.29 is 80.2 Å². The molecule has 0 radical (unpaired) electrons. The number of ether oxygens (including phenoxy) is 4. The molecule has 0 spiro atoms. The highest BCUT2D eigenvalue weighted by molar-refractivity contribution is 7.47. The van der Waals surface area contributed by atoms with Crippen LogP contribution in [0.1, 0.15) is 439 Å². The number of aliphatic hydroxyl groups excluding tert-OH is 1. The van der Waals surface area contributed by atoms with Crippen LogP contribution in [-0.4, -0.2) is 96.7 Å². The van der Waals surface area contributed by atoms with Crippen LogP contribution in [-0.2, 0) is 65.4 Å². The first-order chi connectivity index (χ1) is 49.1. The van der Waals surface area contributed by atoms with Crippen molar-refractivity contribution in [2.45, 2.75) is 457 Å². The molecule has 0 bridgehead atoms. The number of unbranched alkanes of at least 4 members (excludes halogenated alkanes) is 53. The molecule has 0 aliphatic rings. The maximum absolute atomic E-state index is 13.1. The van der Waals surface area contributed by atoms with Gasteiger partial charge in [0.05, 0.1) is 26.4 Å². The topological polar surface area (TPSA) is 237 Å². The zero-order valence-electron chi connectivity index (χ0n) is 66.1. The van der Waals surface area contributed by atoms with E-state index < -0.39 is 97.5 Å². The molecule has 17 nitrogen and oxygen atoms in total. The zero-order chi connectivity index (χ0) is 74.1. The van der Waals surface area contributed by atoms with Crippen molar-refractivity contribution in [1.29, 1.82) is 0 Å². The molecule has 3 unspecified atom stereocenters. The average Bonchev–Trinajstić information content (AvgIpc) is 0.945. The van der Waals surface area contributed by atoms with E-state index in [4.69, 9.17) is 37.0 Å². The summed E-state index contributed by atoms with van der Waals surface area (Å²) in [5.41, 5.74) is 0. The number of hydrogen-bond donors (Lipinski definition) is 3. The predicted molar refractivity (Wildman–Crippen MR) is 414 cm³/mol. The Morgan fingerprint density at radius 1 is 0.277 bits per heavy atom. The molecular formula is C82H160O17P2. The molecule has 0 aliphatic carbocycles. The summed E-state index contributed by atoms with van der Waals surface area (Å²) < 4.78 is 68.7. The Kier molecular flexibility index (Phi) is 73.5. The molecule has 0 fully saturated rings. The Bertz CT molecular complexity index is 1930. The summed E-state index contributed by atoms with van der Waals surface area (Å²) in [4.78, 5) is 73.1. The van der Waals surface area contributed by atoms with Gasteiger partial charge in [-0.25, -0.2) is 9.13 Å². The van der Waals surface area contributed by atoms with E-state index in [1.807, 2.05) is 0 Å². The number of rotatable bonds is 82. The van der Waals surface area contributed by atoms with Crippen molar-refractivity contribution in [1.82, 2.24) is 0 Å². The second kappa shape index (κ2) is 74.9. The van der Waals surface area contributed by atoms with Gasteiger partial charge in [-0.05, 0) is 31.6 Å². The lowest BCUT2D eigenvalue weighted by Gasteiger charge is -2.21. The van der Waals surface area contributed by atoms with E-state index in [1.165, 1.54) is 263 Å². The van der Waals surface area contributed by atoms with Crippen LogP contribution in [0.15, 0.2) is 0 Å². The number of aliphatic hydroxyl groups is 1. The second-order valence-electron chi connectivity index (χ2n) is 29.8. The maximum Gasteiger partial charge on any atom is 0.472 e. The van der Waals surface area contributed by atoms with Crippen LogP contribution in [0, 0.1) is 5.92 Å². The van der Waals surface area contributed by atoms with Crippen LogP contribution in [0.5, 0.6) is 0 Å². The highest BCUT2D eigenvalue weighted by Gasteiger charge is 2.30. The molecule has 0 amide bonds. The molecule has 600 valence electrons. The number of phosphoric ester groups is 2. The lowest BCUT2D eigenvalue weighted by atomic mass is 9.99. The number of carbonyl (C=O) groups excluding carboxylic acids is 4. The summed E-state index contributed by atoms with van der Waals surface area (Å²) in [5, 5.41) is 10.6. The van der Waals surface area contributed by atoms with Crippen LogP contribution in [0.3, 0.4) is 0 Å². The summed E-state index contributed by atoms with van der Waals surface area (Å²) in [6.45, 7) is 7.35. The van der Waals surface area contributed by atoms with Gasteiger partial charge >= 0.3 is 39.5 Å². The molecule has 0 aromatic heterocycles. The van der Waals surface area contributed by atoms with Crippen molar-refractivity contribution in [3.8, 4) is 0 Å². The van der Waals surface area contributed by atoms with Gasteiger partial charge in [0.15, 0.2) is 12.2 Å². The maximum atomic E-state index is 13.1. The Morgan fingerprint density at radius 2 is 0.475 bits per heavy atom. The van der Waals surface area contributed by atoms with Crippen molar-refractivity contribution in [2.24, 2.45) is 5.92 Å². The van der Waals surface area contributed by atoms with Crippen LogP contribution in [0.25, 0.3) is 0 Å². The van der Waals surface area contributed by atoms with Crippen molar-refractivity contribution in [3.63, 3.8) is 0 Å². The van der Waals surface area contributed by atoms with Crippen molar-refractivity contribution >= 4 is 39.5 Å². The first-order valence-electron chi connectivity index (χ1n) is 42.7. The molecule has 0 rings (SSSR count). The molecule has 0 aromatic carbocycles. The molecule has 0 saturated carbocycles. The third-order valence-corrected chi connectivity index (χ3v) is 21.5. The normalized spacial score (nSPS) is 14.1. The third-order valence-electron chi connectivity index (χ3n) is 19.6. The highest BCUT2D eigenvalue weighted by atomic mass is 31.2. The van der Waals surface area contributed by atoms with E-state index in [1.54, 1.807) is 0 Å². The van der Waals surface area contributed by atoms with Crippen molar-refractivity contribution in [2.75, 3.05) is 39.6 Å². The van der Waals surface area contributed by atoms with Crippen LogP contribution in [0.2, 0.25) is 0 Å². The Morgan fingerprint density at radius 3 is 0.703 bits per heavy atom. The number of phosphoric acid groups is 2. The first-order valence-corrected chi connectivity index (χ1v) is 45.7. The highest BCUT2D eigenvalue weighted by Crippen LogP contribution is 2.45. The second-order valence-corrected chi connectivity index (χ2v) is 32.7.